The second-order valence-electron chi connectivity index (χ2n) is 5.99. The number of imide groups is 1. The summed E-state index contributed by atoms with van der Waals surface area (Å²) >= 11 is 1.41. The molecule has 6 nitrogen and oxygen atoms in total. The second-order valence-corrected chi connectivity index (χ2v) is 7.05. The maximum atomic E-state index is 12.3. The molecule has 0 bridgehead atoms. The third-order valence-electron chi connectivity index (χ3n) is 4.21. The highest BCUT2D eigenvalue weighted by Crippen LogP contribution is 2.24. The Morgan fingerprint density at radius 3 is 2.31 bits per heavy atom. The van der Waals surface area contributed by atoms with Gasteiger partial charge in [0.2, 0.25) is 5.16 Å². The predicted molar refractivity (Wildman–Crippen MR) is 99.1 cm³/mol. The van der Waals surface area contributed by atoms with Crippen LogP contribution in [0, 0.1) is 6.92 Å². The van der Waals surface area contributed by atoms with Gasteiger partial charge in [-0.3, -0.25) is 19.6 Å². The number of thioether (sulfide) groups is 1. The van der Waals surface area contributed by atoms with E-state index in [2.05, 4.69) is 15.2 Å². The van der Waals surface area contributed by atoms with Gasteiger partial charge in [-0.05, 0) is 19.1 Å². The first-order chi connectivity index (χ1) is 12.6. The highest BCUT2D eigenvalue weighted by atomic mass is 32.2. The molecule has 0 saturated carbocycles. The molecule has 1 N–H and O–H groups in total. The molecule has 2 heterocycles. The molecule has 1 aromatic heterocycles. The largest absolute Gasteiger partial charge is 0.273 e. The predicted octanol–water partition coefficient (Wildman–Crippen LogP) is 3.17. The minimum atomic E-state index is -0.235. The Labute approximate surface area is 154 Å². The fraction of sp³-hybridized carbons (Fsp3) is 0.158. The van der Waals surface area contributed by atoms with Gasteiger partial charge in [0.1, 0.15) is 0 Å². The lowest BCUT2D eigenvalue weighted by Gasteiger charge is -2.12. The molecule has 1 aliphatic heterocycles. The number of aryl methyl sites for hydroxylation is 1. The minimum Gasteiger partial charge on any atom is -0.273 e. The Bertz CT molecular complexity index is 946. The third-order valence-corrected chi connectivity index (χ3v) is 5.04. The molecule has 3 aromatic rings. The molecule has 0 saturated heterocycles. The van der Waals surface area contributed by atoms with E-state index in [-0.39, 0.29) is 11.8 Å². The van der Waals surface area contributed by atoms with Crippen molar-refractivity contribution in [3.05, 3.63) is 65.2 Å². The van der Waals surface area contributed by atoms with Crippen LogP contribution in [0.2, 0.25) is 0 Å². The number of rotatable bonds is 5. The standard InChI is InChI=1S/C19H16N4O2S/c1-12-6-8-13(9-7-12)16-20-19(22-21-16)26-11-10-23-17(24)14-4-2-3-5-15(14)18(23)25/h2-9H,10-11H2,1H3,(H,20,21,22). The van der Waals surface area contributed by atoms with Gasteiger partial charge < -0.3 is 0 Å². The molecular formula is C19H16N4O2S. The number of aromatic nitrogens is 3. The van der Waals surface area contributed by atoms with Crippen LogP contribution in [0.5, 0.6) is 0 Å². The van der Waals surface area contributed by atoms with Crippen LogP contribution in [0.15, 0.2) is 53.7 Å². The van der Waals surface area contributed by atoms with E-state index in [9.17, 15) is 9.59 Å². The fourth-order valence-corrected chi connectivity index (χ4v) is 3.54. The van der Waals surface area contributed by atoms with Gasteiger partial charge >= 0.3 is 0 Å². The van der Waals surface area contributed by atoms with Gasteiger partial charge in [0.05, 0.1) is 11.1 Å². The zero-order chi connectivity index (χ0) is 18.1. The normalized spacial score (nSPS) is 13.3. The lowest BCUT2D eigenvalue weighted by molar-refractivity contribution is 0.0664. The van der Waals surface area contributed by atoms with Crippen LogP contribution in [0.3, 0.4) is 0 Å². The topological polar surface area (TPSA) is 79.0 Å². The van der Waals surface area contributed by atoms with Crippen molar-refractivity contribution in [2.75, 3.05) is 12.3 Å². The van der Waals surface area contributed by atoms with Crippen LogP contribution >= 0.6 is 11.8 Å². The summed E-state index contributed by atoms with van der Waals surface area (Å²) in [5.74, 6) is 0.771. The van der Waals surface area contributed by atoms with Gasteiger partial charge in [-0.15, -0.1) is 5.10 Å². The molecule has 1 aliphatic rings. The molecule has 0 radical (unpaired) electrons. The first-order valence-electron chi connectivity index (χ1n) is 8.21. The number of fused-ring (bicyclic) bond motifs is 1. The van der Waals surface area contributed by atoms with Crippen molar-refractivity contribution >= 4 is 23.6 Å². The zero-order valence-corrected chi connectivity index (χ0v) is 14.9. The fourth-order valence-electron chi connectivity index (χ4n) is 2.82. The van der Waals surface area contributed by atoms with E-state index in [4.69, 9.17) is 0 Å². The molecule has 0 unspecified atom stereocenters. The molecule has 0 fully saturated rings. The van der Waals surface area contributed by atoms with E-state index in [1.807, 2.05) is 31.2 Å². The molecule has 0 atom stereocenters. The van der Waals surface area contributed by atoms with Crippen LogP contribution in [-0.2, 0) is 0 Å². The number of aromatic amines is 1. The zero-order valence-electron chi connectivity index (χ0n) is 14.1. The molecule has 2 amide bonds. The van der Waals surface area contributed by atoms with Crippen molar-refractivity contribution in [2.45, 2.75) is 12.1 Å². The van der Waals surface area contributed by atoms with E-state index in [0.29, 0.717) is 34.4 Å². The van der Waals surface area contributed by atoms with Crippen molar-refractivity contribution < 1.29 is 9.59 Å². The summed E-state index contributed by atoms with van der Waals surface area (Å²) < 4.78 is 0. The van der Waals surface area contributed by atoms with Gasteiger partial charge in [-0.1, -0.05) is 53.7 Å². The van der Waals surface area contributed by atoms with E-state index >= 15 is 0 Å². The summed E-state index contributed by atoms with van der Waals surface area (Å²) in [6.07, 6.45) is 0. The third kappa shape index (κ3) is 3.01. The van der Waals surface area contributed by atoms with Crippen molar-refractivity contribution in [1.82, 2.24) is 20.1 Å². The average molecular weight is 364 g/mol. The lowest BCUT2D eigenvalue weighted by Crippen LogP contribution is -2.31. The van der Waals surface area contributed by atoms with Gasteiger partial charge in [0.15, 0.2) is 5.82 Å². The molecule has 4 rings (SSSR count). The molecular weight excluding hydrogens is 348 g/mol. The Hall–Kier alpha value is -2.93. The van der Waals surface area contributed by atoms with Gasteiger partial charge in [0, 0.05) is 17.9 Å². The van der Waals surface area contributed by atoms with Crippen molar-refractivity contribution in [1.29, 1.82) is 0 Å². The van der Waals surface area contributed by atoms with E-state index in [0.717, 1.165) is 5.56 Å². The average Bonchev–Trinajstić information content (AvgIpc) is 3.22. The molecule has 0 spiro atoms. The first-order valence-corrected chi connectivity index (χ1v) is 9.19. The van der Waals surface area contributed by atoms with Crippen LogP contribution in [-0.4, -0.2) is 44.2 Å². The number of nitrogens with one attached hydrogen (secondary N) is 1. The summed E-state index contributed by atoms with van der Waals surface area (Å²) in [5.41, 5.74) is 3.10. The van der Waals surface area contributed by atoms with Crippen LogP contribution < -0.4 is 0 Å². The van der Waals surface area contributed by atoms with E-state index < -0.39 is 0 Å². The molecule has 0 aliphatic carbocycles. The lowest BCUT2D eigenvalue weighted by atomic mass is 10.1. The quantitative estimate of drug-likeness (QED) is 0.556. The maximum Gasteiger partial charge on any atom is 0.261 e. The van der Waals surface area contributed by atoms with Crippen LogP contribution in [0.1, 0.15) is 26.3 Å². The van der Waals surface area contributed by atoms with E-state index in [1.54, 1.807) is 24.3 Å². The number of H-pyrrole nitrogens is 1. The number of carbonyl (C=O) groups excluding carboxylic acids is 2. The highest BCUT2D eigenvalue weighted by molar-refractivity contribution is 7.99. The Balaban J connectivity index is 1.38. The number of carbonyl (C=O) groups is 2. The number of hydrogen-bond acceptors (Lipinski definition) is 5. The van der Waals surface area contributed by atoms with Crippen molar-refractivity contribution in [3.63, 3.8) is 0 Å². The van der Waals surface area contributed by atoms with Crippen molar-refractivity contribution in [3.8, 4) is 11.4 Å². The Kier molecular flexibility index (Phi) is 4.30. The number of nitrogens with zero attached hydrogens (tertiary/aromatic N) is 3. The summed E-state index contributed by atoms with van der Waals surface area (Å²) in [7, 11) is 0. The number of benzene rings is 2. The molecule has 26 heavy (non-hydrogen) atoms. The summed E-state index contributed by atoms with van der Waals surface area (Å²) in [6, 6.07) is 14.9. The molecule has 2 aromatic carbocycles. The van der Waals surface area contributed by atoms with Crippen molar-refractivity contribution in [2.24, 2.45) is 0 Å². The first kappa shape index (κ1) is 16.5. The van der Waals surface area contributed by atoms with Gasteiger partial charge in [0.25, 0.3) is 11.8 Å². The second kappa shape index (κ2) is 6.76. The maximum absolute atomic E-state index is 12.3. The molecule has 7 heteroatoms. The van der Waals surface area contributed by atoms with E-state index in [1.165, 1.54) is 22.2 Å². The minimum absolute atomic E-state index is 0.235. The SMILES string of the molecule is Cc1ccc(-c2nc(SCCN3C(=O)c4ccccc4C3=O)n[nH]2)cc1. The van der Waals surface area contributed by atoms with Gasteiger partial charge in [-0.2, -0.15) is 0 Å². The summed E-state index contributed by atoms with van der Waals surface area (Å²) in [4.78, 5) is 30.4. The summed E-state index contributed by atoms with van der Waals surface area (Å²) in [5, 5.41) is 7.71. The highest BCUT2D eigenvalue weighted by Gasteiger charge is 2.34. The van der Waals surface area contributed by atoms with Crippen LogP contribution in [0.4, 0.5) is 0 Å². The van der Waals surface area contributed by atoms with Gasteiger partial charge in [-0.25, -0.2) is 4.98 Å². The Morgan fingerprint density at radius 2 is 1.65 bits per heavy atom. The Morgan fingerprint density at radius 1 is 1.00 bits per heavy atom. The van der Waals surface area contributed by atoms with Crippen LogP contribution in [0.25, 0.3) is 11.4 Å². The smallest absolute Gasteiger partial charge is 0.261 e. The number of hydrogen-bond donors (Lipinski definition) is 1. The molecule has 130 valence electrons. The monoisotopic (exact) mass is 364 g/mol. The summed E-state index contributed by atoms with van der Waals surface area (Å²) in [6.45, 7) is 2.36. The number of amides is 2.